The summed E-state index contributed by atoms with van der Waals surface area (Å²) in [5.41, 5.74) is 2.35. The van der Waals surface area contributed by atoms with E-state index in [0.29, 0.717) is 34.1 Å². The zero-order valence-corrected chi connectivity index (χ0v) is 19.9. The molecule has 1 aliphatic rings. The molecule has 3 heterocycles. The molecule has 1 saturated carbocycles. The first-order chi connectivity index (χ1) is 15.8. The molecule has 2 atom stereocenters. The summed E-state index contributed by atoms with van der Waals surface area (Å²) in [4.78, 5) is 26.2. The molecule has 0 saturated heterocycles. The number of aromatic nitrogens is 3. The summed E-state index contributed by atoms with van der Waals surface area (Å²) in [6, 6.07) is 3.75. The second-order valence-corrected chi connectivity index (χ2v) is 10.5. The van der Waals surface area contributed by atoms with Gasteiger partial charge in [0.15, 0.2) is 0 Å². The van der Waals surface area contributed by atoms with Crippen molar-refractivity contribution in [3.8, 4) is 0 Å². The maximum Gasteiger partial charge on any atom is 0.333 e. The van der Waals surface area contributed by atoms with Crippen LogP contribution in [0, 0.1) is 5.92 Å². The summed E-state index contributed by atoms with van der Waals surface area (Å²) in [5.74, 6) is 0.357. The van der Waals surface area contributed by atoms with Gasteiger partial charge in [-0.1, -0.05) is 11.6 Å². The van der Waals surface area contributed by atoms with Gasteiger partial charge in [0.1, 0.15) is 12.1 Å². The largest absolute Gasteiger partial charge is 0.367 e. The average molecular weight is 508 g/mol. The molecule has 33 heavy (non-hydrogen) atoms. The van der Waals surface area contributed by atoms with Crippen LogP contribution < -0.4 is 10.5 Å². The van der Waals surface area contributed by atoms with E-state index in [2.05, 4.69) is 20.3 Å². The fourth-order valence-electron chi connectivity index (χ4n) is 3.86. The molecule has 1 aliphatic carbocycles. The van der Waals surface area contributed by atoms with E-state index in [4.69, 9.17) is 20.9 Å². The van der Waals surface area contributed by atoms with Gasteiger partial charge >= 0.3 is 10.3 Å². The van der Waals surface area contributed by atoms with Crippen LogP contribution in [0.1, 0.15) is 45.6 Å². The third-order valence-corrected chi connectivity index (χ3v) is 7.00. The van der Waals surface area contributed by atoms with Crippen LogP contribution in [0.5, 0.6) is 0 Å². The molecule has 174 valence electrons. The van der Waals surface area contributed by atoms with Gasteiger partial charge in [-0.3, -0.25) is 14.0 Å². The van der Waals surface area contributed by atoms with E-state index >= 15 is 0 Å². The topological polar surface area (TPSA) is 137 Å². The van der Waals surface area contributed by atoms with Crippen molar-refractivity contribution in [2.45, 2.75) is 31.7 Å². The zero-order valence-electron chi connectivity index (χ0n) is 17.5. The summed E-state index contributed by atoms with van der Waals surface area (Å²) >= 11 is 7.37. The Bertz CT molecular complexity index is 1250. The summed E-state index contributed by atoms with van der Waals surface area (Å²) in [5, 5.41) is 10.7. The first kappa shape index (κ1) is 23.7. The van der Waals surface area contributed by atoms with E-state index in [1.54, 1.807) is 12.4 Å². The molecular weight excluding hydrogens is 486 g/mol. The van der Waals surface area contributed by atoms with Crippen molar-refractivity contribution in [1.82, 2.24) is 15.0 Å². The predicted octanol–water partition coefficient (Wildman–Crippen LogP) is 3.21. The van der Waals surface area contributed by atoms with Crippen LogP contribution in [0.25, 0.3) is 0 Å². The summed E-state index contributed by atoms with van der Waals surface area (Å²) in [6.07, 6.45) is 9.12. The van der Waals surface area contributed by atoms with Crippen molar-refractivity contribution < 1.29 is 17.4 Å². The Kier molecular flexibility index (Phi) is 7.35. The third kappa shape index (κ3) is 6.55. The Labute approximate surface area is 200 Å². The van der Waals surface area contributed by atoms with Crippen LogP contribution in [0.2, 0.25) is 5.02 Å². The van der Waals surface area contributed by atoms with Crippen molar-refractivity contribution in [3.63, 3.8) is 0 Å². The Morgan fingerprint density at radius 2 is 2.06 bits per heavy atom. The lowest BCUT2D eigenvalue weighted by Crippen LogP contribution is -2.22. The van der Waals surface area contributed by atoms with Crippen LogP contribution in [-0.2, 0) is 20.9 Å². The smallest absolute Gasteiger partial charge is 0.333 e. The maximum absolute atomic E-state index is 13.2. The lowest BCUT2D eigenvalue weighted by molar-refractivity contribution is 0.104. The van der Waals surface area contributed by atoms with Crippen molar-refractivity contribution in [3.05, 3.63) is 69.0 Å². The number of nitrogens with two attached hydrogens (primary N) is 1. The van der Waals surface area contributed by atoms with Gasteiger partial charge in [0.2, 0.25) is 5.78 Å². The highest BCUT2D eigenvalue weighted by molar-refractivity contribution is 7.84. The van der Waals surface area contributed by atoms with E-state index in [-0.39, 0.29) is 24.3 Å². The first-order valence-electron chi connectivity index (χ1n) is 10.2. The van der Waals surface area contributed by atoms with Gasteiger partial charge in [0, 0.05) is 24.6 Å². The fourth-order valence-corrected chi connectivity index (χ4v) is 5.31. The number of carbonyl (C=O) groups excluding carboxylic acids is 1. The van der Waals surface area contributed by atoms with Gasteiger partial charge in [-0.25, -0.2) is 15.1 Å². The molecule has 4 rings (SSSR count). The van der Waals surface area contributed by atoms with Gasteiger partial charge in [0.05, 0.1) is 22.1 Å². The highest BCUT2D eigenvalue weighted by atomic mass is 35.5. The quantitative estimate of drug-likeness (QED) is 0.421. The molecule has 0 bridgehead atoms. The average Bonchev–Trinajstić information content (AvgIpc) is 3.41. The highest BCUT2D eigenvalue weighted by Gasteiger charge is 2.28. The number of ketones is 1. The standard InChI is InChI=1S/C21H22ClN5O4S2/c22-16-4-14(7-24-8-16)3-15-6-19(32-11-15)20(28)18-9-25-12-26-21(18)27-17-2-1-13(5-17)10-31-33(23,29)30/h4,6-9,11-13,17H,1-3,5,10H2,(H2,23,29,30)(H,25,26,27)/t13?,17-/m0/s1. The van der Waals surface area contributed by atoms with Gasteiger partial charge in [-0.15, -0.1) is 11.3 Å². The molecule has 12 heteroatoms. The number of hydrogen-bond acceptors (Lipinski definition) is 9. The fraction of sp³-hybridized carbons (Fsp3) is 0.333. The monoisotopic (exact) mass is 507 g/mol. The Morgan fingerprint density at radius 1 is 1.21 bits per heavy atom. The number of rotatable bonds is 9. The predicted molar refractivity (Wildman–Crippen MR) is 126 cm³/mol. The minimum absolute atomic E-state index is 0.0368. The minimum atomic E-state index is -3.95. The van der Waals surface area contributed by atoms with E-state index in [1.165, 1.54) is 23.9 Å². The van der Waals surface area contributed by atoms with Crippen molar-refractivity contribution in [1.29, 1.82) is 0 Å². The van der Waals surface area contributed by atoms with Crippen LogP contribution in [0.4, 0.5) is 5.82 Å². The molecule has 1 fully saturated rings. The number of thiophene rings is 1. The van der Waals surface area contributed by atoms with Crippen LogP contribution in [-0.4, -0.2) is 41.8 Å². The van der Waals surface area contributed by atoms with Gasteiger partial charge in [-0.2, -0.15) is 8.42 Å². The molecule has 3 aromatic rings. The van der Waals surface area contributed by atoms with Crippen LogP contribution in [0.3, 0.4) is 0 Å². The molecular formula is C21H22ClN5O4S2. The number of nitrogens with one attached hydrogen (secondary N) is 1. The van der Waals surface area contributed by atoms with E-state index in [1.807, 2.05) is 17.5 Å². The molecule has 3 N–H and O–H groups in total. The molecule has 0 amide bonds. The van der Waals surface area contributed by atoms with Gasteiger partial charge in [0.25, 0.3) is 0 Å². The number of anilines is 1. The molecule has 0 aromatic carbocycles. The highest BCUT2D eigenvalue weighted by Crippen LogP contribution is 2.30. The molecule has 0 spiro atoms. The summed E-state index contributed by atoms with van der Waals surface area (Å²) in [7, 11) is -3.95. The van der Waals surface area contributed by atoms with Crippen molar-refractivity contribution >= 4 is 44.8 Å². The molecule has 9 nitrogen and oxygen atoms in total. The molecule has 0 aliphatic heterocycles. The molecule has 1 unspecified atom stereocenters. The van der Waals surface area contributed by atoms with Gasteiger partial charge in [-0.05, 0) is 60.2 Å². The number of hydrogen-bond donors (Lipinski definition) is 2. The van der Waals surface area contributed by atoms with E-state index in [0.717, 1.165) is 24.0 Å². The molecule has 3 aromatic heterocycles. The second kappa shape index (κ2) is 10.2. The third-order valence-electron chi connectivity index (χ3n) is 5.35. The number of pyridine rings is 1. The van der Waals surface area contributed by atoms with Crippen LogP contribution in [0.15, 0.2) is 42.4 Å². The van der Waals surface area contributed by atoms with Crippen LogP contribution >= 0.6 is 22.9 Å². The first-order valence-corrected chi connectivity index (χ1v) is 12.9. The number of halogens is 1. The lowest BCUT2D eigenvalue weighted by atomic mass is 10.1. The van der Waals surface area contributed by atoms with Gasteiger partial charge < -0.3 is 5.32 Å². The molecule has 0 radical (unpaired) electrons. The SMILES string of the molecule is NS(=O)(=O)OCC1CC[C@H](Nc2ncncc2C(=O)c2cc(Cc3cncc(Cl)c3)cs2)C1. The second-order valence-electron chi connectivity index (χ2n) is 7.92. The van der Waals surface area contributed by atoms with Crippen molar-refractivity contribution in [2.24, 2.45) is 11.1 Å². The summed E-state index contributed by atoms with van der Waals surface area (Å²) in [6.45, 7) is 0.0483. The Balaban J connectivity index is 1.42. The Hall–Kier alpha value is -2.44. The normalized spacial score (nSPS) is 18.4. The van der Waals surface area contributed by atoms with E-state index < -0.39 is 10.3 Å². The summed E-state index contributed by atoms with van der Waals surface area (Å²) < 4.78 is 26.7. The lowest BCUT2D eigenvalue weighted by Gasteiger charge is -2.15. The van der Waals surface area contributed by atoms with Crippen molar-refractivity contribution in [2.75, 3.05) is 11.9 Å². The van der Waals surface area contributed by atoms with E-state index in [9.17, 15) is 13.2 Å². The number of nitrogens with zero attached hydrogens (tertiary/aromatic N) is 3. The maximum atomic E-state index is 13.2. The number of carbonyl (C=O) groups is 1. The zero-order chi connectivity index (χ0) is 23.4. The minimum Gasteiger partial charge on any atom is -0.367 e. The Morgan fingerprint density at radius 3 is 2.85 bits per heavy atom.